The number of anilines is 1. The summed E-state index contributed by atoms with van der Waals surface area (Å²) in [6.07, 6.45) is 1.86. The second-order valence-corrected chi connectivity index (χ2v) is 5.50. The maximum absolute atomic E-state index is 12.2. The summed E-state index contributed by atoms with van der Waals surface area (Å²) >= 11 is 3.42. The lowest BCUT2D eigenvalue weighted by Gasteiger charge is -2.07. The fourth-order valence-electron chi connectivity index (χ4n) is 1.73. The second kappa shape index (κ2) is 5.57. The number of rotatable bonds is 3. The number of benzene rings is 1. The molecular formula is C14H16BrN3O. The Morgan fingerprint density at radius 1 is 1.37 bits per heavy atom. The van der Waals surface area contributed by atoms with Gasteiger partial charge in [-0.2, -0.15) is 5.10 Å². The van der Waals surface area contributed by atoms with Crippen molar-refractivity contribution >= 4 is 27.7 Å². The molecule has 1 heterocycles. The number of amides is 1. The van der Waals surface area contributed by atoms with Crippen LogP contribution in [0.3, 0.4) is 0 Å². The Kier molecular flexibility index (Phi) is 4.04. The molecule has 2 rings (SSSR count). The van der Waals surface area contributed by atoms with Crippen molar-refractivity contribution in [1.82, 2.24) is 9.78 Å². The Labute approximate surface area is 120 Å². The summed E-state index contributed by atoms with van der Waals surface area (Å²) in [6, 6.07) is 7.64. The first-order chi connectivity index (χ1) is 8.99. The SMILES string of the molecule is Cc1c(Br)cccc1C(=O)Nc1ccn(C(C)C)n1. The molecule has 1 N–H and O–H groups in total. The monoisotopic (exact) mass is 321 g/mol. The van der Waals surface area contributed by atoms with E-state index in [1.54, 1.807) is 12.1 Å². The van der Waals surface area contributed by atoms with Crippen molar-refractivity contribution in [3.63, 3.8) is 0 Å². The van der Waals surface area contributed by atoms with Crippen molar-refractivity contribution < 1.29 is 4.79 Å². The third-order valence-electron chi connectivity index (χ3n) is 2.89. The Balaban J connectivity index is 2.18. The molecule has 1 aromatic heterocycles. The van der Waals surface area contributed by atoms with Gasteiger partial charge in [0.05, 0.1) is 0 Å². The quantitative estimate of drug-likeness (QED) is 0.934. The number of nitrogens with zero attached hydrogens (tertiary/aromatic N) is 2. The van der Waals surface area contributed by atoms with Crippen LogP contribution in [0.25, 0.3) is 0 Å². The van der Waals surface area contributed by atoms with E-state index in [9.17, 15) is 4.79 Å². The molecule has 4 nitrogen and oxygen atoms in total. The van der Waals surface area contributed by atoms with Gasteiger partial charge in [0.15, 0.2) is 5.82 Å². The second-order valence-electron chi connectivity index (χ2n) is 4.64. The van der Waals surface area contributed by atoms with Crippen molar-refractivity contribution in [3.05, 3.63) is 46.1 Å². The van der Waals surface area contributed by atoms with Gasteiger partial charge in [0.1, 0.15) is 0 Å². The molecule has 2 aromatic rings. The number of aromatic nitrogens is 2. The predicted molar refractivity (Wildman–Crippen MR) is 79.4 cm³/mol. The van der Waals surface area contributed by atoms with Gasteiger partial charge >= 0.3 is 0 Å². The smallest absolute Gasteiger partial charge is 0.257 e. The Morgan fingerprint density at radius 3 is 2.74 bits per heavy atom. The summed E-state index contributed by atoms with van der Waals surface area (Å²) in [5, 5.41) is 7.11. The summed E-state index contributed by atoms with van der Waals surface area (Å²) in [7, 11) is 0. The number of nitrogens with one attached hydrogen (secondary N) is 1. The fraction of sp³-hybridized carbons (Fsp3) is 0.286. The van der Waals surface area contributed by atoms with Gasteiger partial charge in [-0.3, -0.25) is 9.48 Å². The molecule has 0 radical (unpaired) electrons. The van der Waals surface area contributed by atoms with Crippen molar-refractivity contribution in [2.45, 2.75) is 26.8 Å². The summed E-state index contributed by atoms with van der Waals surface area (Å²) in [4.78, 5) is 12.2. The van der Waals surface area contributed by atoms with Gasteiger partial charge in [-0.25, -0.2) is 0 Å². The highest BCUT2D eigenvalue weighted by Crippen LogP contribution is 2.20. The first kappa shape index (κ1) is 13.8. The lowest BCUT2D eigenvalue weighted by atomic mass is 10.1. The van der Waals surface area contributed by atoms with E-state index in [0.717, 1.165) is 10.0 Å². The Bertz CT molecular complexity index is 604. The molecular weight excluding hydrogens is 306 g/mol. The van der Waals surface area contributed by atoms with E-state index < -0.39 is 0 Å². The van der Waals surface area contributed by atoms with Gasteiger partial charge in [-0.05, 0) is 38.5 Å². The zero-order valence-corrected chi connectivity index (χ0v) is 12.7. The summed E-state index contributed by atoms with van der Waals surface area (Å²) < 4.78 is 2.73. The van der Waals surface area contributed by atoms with Crippen LogP contribution in [0.4, 0.5) is 5.82 Å². The molecule has 0 aliphatic carbocycles. The van der Waals surface area contributed by atoms with Crippen molar-refractivity contribution in [2.24, 2.45) is 0 Å². The Morgan fingerprint density at radius 2 is 2.11 bits per heavy atom. The molecule has 0 aliphatic heterocycles. The molecule has 1 amide bonds. The summed E-state index contributed by atoms with van der Waals surface area (Å²) in [5.41, 5.74) is 1.57. The van der Waals surface area contributed by atoms with E-state index >= 15 is 0 Å². The minimum atomic E-state index is -0.146. The number of hydrogen-bond acceptors (Lipinski definition) is 2. The van der Waals surface area contributed by atoms with E-state index in [-0.39, 0.29) is 11.9 Å². The molecule has 19 heavy (non-hydrogen) atoms. The van der Waals surface area contributed by atoms with Crippen LogP contribution in [-0.4, -0.2) is 15.7 Å². The minimum absolute atomic E-state index is 0.146. The number of halogens is 1. The predicted octanol–water partition coefficient (Wildman–Crippen LogP) is 3.79. The van der Waals surface area contributed by atoms with Gasteiger partial charge < -0.3 is 5.32 Å². The topological polar surface area (TPSA) is 46.9 Å². The number of hydrogen-bond donors (Lipinski definition) is 1. The highest BCUT2D eigenvalue weighted by atomic mass is 79.9. The van der Waals surface area contributed by atoms with Crippen LogP contribution >= 0.6 is 15.9 Å². The molecule has 0 fully saturated rings. The normalized spacial score (nSPS) is 10.8. The average molecular weight is 322 g/mol. The molecule has 0 spiro atoms. The van der Waals surface area contributed by atoms with E-state index in [4.69, 9.17) is 0 Å². The lowest BCUT2D eigenvalue weighted by molar-refractivity contribution is 0.102. The molecule has 0 unspecified atom stereocenters. The van der Waals surface area contributed by atoms with Crippen LogP contribution < -0.4 is 5.32 Å². The highest BCUT2D eigenvalue weighted by molar-refractivity contribution is 9.10. The molecule has 0 bridgehead atoms. The van der Waals surface area contributed by atoms with Gasteiger partial charge in [0.25, 0.3) is 5.91 Å². The first-order valence-corrected chi connectivity index (χ1v) is 6.90. The fourth-order valence-corrected chi connectivity index (χ4v) is 2.10. The summed E-state index contributed by atoms with van der Waals surface area (Å²) in [5.74, 6) is 0.422. The van der Waals surface area contributed by atoms with Gasteiger partial charge in [-0.15, -0.1) is 0 Å². The maximum Gasteiger partial charge on any atom is 0.257 e. The zero-order chi connectivity index (χ0) is 14.0. The molecule has 1 aromatic carbocycles. The van der Waals surface area contributed by atoms with E-state index in [2.05, 4.69) is 26.3 Å². The van der Waals surface area contributed by atoms with E-state index in [1.807, 2.05) is 43.8 Å². The van der Waals surface area contributed by atoms with Crippen molar-refractivity contribution in [1.29, 1.82) is 0 Å². The van der Waals surface area contributed by atoms with Crippen LogP contribution in [-0.2, 0) is 0 Å². The average Bonchev–Trinajstić information content (AvgIpc) is 2.81. The number of carbonyl (C=O) groups excluding carboxylic acids is 1. The molecule has 0 saturated heterocycles. The highest BCUT2D eigenvalue weighted by Gasteiger charge is 2.12. The van der Waals surface area contributed by atoms with Crippen LogP contribution in [0.15, 0.2) is 34.9 Å². The van der Waals surface area contributed by atoms with Crippen molar-refractivity contribution in [2.75, 3.05) is 5.32 Å². The van der Waals surface area contributed by atoms with Crippen molar-refractivity contribution in [3.8, 4) is 0 Å². The molecule has 0 aliphatic rings. The maximum atomic E-state index is 12.2. The minimum Gasteiger partial charge on any atom is -0.305 e. The zero-order valence-electron chi connectivity index (χ0n) is 11.1. The lowest BCUT2D eigenvalue weighted by Crippen LogP contribution is -2.14. The van der Waals surface area contributed by atoms with Crippen LogP contribution in [0.2, 0.25) is 0 Å². The molecule has 5 heteroatoms. The number of carbonyl (C=O) groups is 1. The third kappa shape index (κ3) is 3.04. The first-order valence-electron chi connectivity index (χ1n) is 6.10. The van der Waals surface area contributed by atoms with E-state index in [0.29, 0.717) is 11.4 Å². The van der Waals surface area contributed by atoms with Crippen LogP contribution in [0, 0.1) is 6.92 Å². The van der Waals surface area contributed by atoms with E-state index in [1.165, 1.54) is 0 Å². The third-order valence-corrected chi connectivity index (χ3v) is 3.75. The Hall–Kier alpha value is -1.62. The van der Waals surface area contributed by atoms with Crippen LogP contribution in [0.5, 0.6) is 0 Å². The largest absolute Gasteiger partial charge is 0.305 e. The van der Waals surface area contributed by atoms with Gasteiger partial charge in [0, 0.05) is 28.3 Å². The molecule has 0 saturated carbocycles. The van der Waals surface area contributed by atoms with Gasteiger partial charge in [0.2, 0.25) is 0 Å². The van der Waals surface area contributed by atoms with Gasteiger partial charge in [-0.1, -0.05) is 22.0 Å². The summed E-state index contributed by atoms with van der Waals surface area (Å²) in [6.45, 7) is 5.99. The van der Waals surface area contributed by atoms with Crippen LogP contribution in [0.1, 0.15) is 35.8 Å². The molecule has 0 atom stereocenters. The standard InChI is InChI=1S/C14H16BrN3O/c1-9(2)18-8-7-13(17-18)16-14(19)11-5-4-6-12(15)10(11)3/h4-9H,1-3H3,(H,16,17,19). The molecule has 100 valence electrons.